The number of benzene rings is 1. The fourth-order valence-electron chi connectivity index (χ4n) is 2.77. The van der Waals surface area contributed by atoms with Gasteiger partial charge >= 0.3 is 0 Å². The molecule has 2 rings (SSSR count). The molecule has 122 valence electrons. The highest BCUT2D eigenvalue weighted by Gasteiger charge is 2.29. The zero-order valence-corrected chi connectivity index (χ0v) is 14.0. The predicted octanol–water partition coefficient (Wildman–Crippen LogP) is 3.09. The van der Waals surface area contributed by atoms with Gasteiger partial charge in [-0.15, -0.1) is 0 Å². The van der Waals surface area contributed by atoms with Gasteiger partial charge in [0.1, 0.15) is 0 Å². The molecular formula is C17H26ClN3O. The first-order valence-electron chi connectivity index (χ1n) is 8.11. The topological polar surface area (TPSA) is 56.7 Å². The number of rotatable bonds is 5. The SMILES string of the molecule is CCNC(=NCc1ccccc1Cl)NCC1(O)CCCCC1. The smallest absolute Gasteiger partial charge is 0.191 e. The number of nitrogens with one attached hydrogen (secondary N) is 2. The highest BCUT2D eigenvalue weighted by atomic mass is 35.5. The summed E-state index contributed by atoms with van der Waals surface area (Å²) in [6, 6.07) is 7.72. The van der Waals surface area contributed by atoms with Gasteiger partial charge in [0.25, 0.3) is 0 Å². The maximum atomic E-state index is 10.6. The molecule has 0 atom stereocenters. The molecule has 3 N–H and O–H groups in total. The molecule has 1 saturated carbocycles. The van der Waals surface area contributed by atoms with Crippen LogP contribution in [0.15, 0.2) is 29.3 Å². The van der Waals surface area contributed by atoms with E-state index in [9.17, 15) is 5.11 Å². The first kappa shape index (κ1) is 17.1. The largest absolute Gasteiger partial charge is 0.388 e. The van der Waals surface area contributed by atoms with Crippen LogP contribution in [0.4, 0.5) is 0 Å². The number of guanidine groups is 1. The van der Waals surface area contributed by atoms with Crippen LogP contribution in [0.5, 0.6) is 0 Å². The monoisotopic (exact) mass is 323 g/mol. The second kappa shape index (κ2) is 8.39. The zero-order valence-electron chi connectivity index (χ0n) is 13.2. The van der Waals surface area contributed by atoms with Crippen LogP contribution in [0.1, 0.15) is 44.6 Å². The van der Waals surface area contributed by atoms with Crippen molar-refractivity contribution in [3.63, 3.8) is 0 Å². The lowest BCUT2D eigenvalue weighted by Gasteiger charge is -2.32. The Hall–Kier alpha value is -1.26. The predicted molar refractivity (Wildman–Crippen MR) is 92.3 cm³/mol. The average molecular weight is 324 g/mol. The fourth-order valence-corrected chi connectivity index (χ4v) is 2.96. The van der Waals surface area contributed by atoms with Crippen molar-refractivity contribution in [2.45, 2.75) is 51.2 Å². The standard InChI is InChI=1S/C17H26ClN3O/c1-2-19-16(20-12-14-8-4-5-9-15(14)18)21-13-17(22)10-6-3-7-11-17/h4-5,8-9,22H,2-3,6-7,10-13H2,1H3,(H2,19,20,21). The van der Waals surface area contributed by atoms with Gasteiger partial charge in [-0.25, -0.2) is 4.99 Å². The molecule has 4 nitrogen and oxygen atoms in total. The normalized spacial score (nSPS) is 18.0. The molecular weight excluding hydrogens is 298 g/mol. The van der Waals surface area contributed by atoms with Crippen molar-refractivity contribution in [2.24, 2.45) is 4.99 Å². The summed E-state index contributed by atoms with van der Waals surface area (Å²) in [5, 5.41) is 17.8. The molecule has 0 radical (unpaired) electrons. The molecule has 1 fully saturated rings. The Morgan fingerprint density at radius 1 is 1.23 bits per heavy atom. The van der Waals surface area contributed by atoms with Crippen molar-refractivity contribution >= 4 is 17.6 Å². The summed E-state index contributed by atoms with van der Waals surface area (Å²) in [5.41, 5.74) is 0.400. The van der Waals surface area contributed by atoms with Crippen LogP contribution >= 0.6 is 11.6 Å². The molecule has 0 aromatic heterocycles. The van der Waals surface area contributed by atoms with Crippen LogP contribution in [-0.2, 0) is 6.54 Å². The third kappa shape index (κ3) is 5.18. The Morgan fingerprint density at radius 3 is 2.64 bits per heavy atom. The molecule has 1 aromatic rings. The summed E-state index contributed by atoms with van der Waals surface area (Å²) < 4.78 is 0. The van der Waals surface area contributed by atoms with Crippen molar-refractivity contribution in [3.8, 4) is 0 Å². The van der Waals surface area contributed by atoms with E-state index in [-0.39, 0.29) is 0 Å². The van der Waals surface area contributed by atoms with Crippen LogP contribution < -0.4 is 10.6 Å². The summed E-state index contributed by atoms with van der Waals surface area (Å²) in [6.07, 6.45) is 5.16. The maximum Gasteiger partial charge on any atom is 0.191 e. The third-order valence-corrected chi connectivity index (χ3v) is 4.45. The first-order valence-corrected chi connectivity index (χ1v) is 8.49. The van der Waals surface area contributed by atoms with E-state index in [0.717, 1.165) is 48.8 Å². The fraction of sp³-hybridized carbons (Fsp3) is 0.588. The molecule has 0 unspecified atom stereocenters. The second-order valence-electron chi connectivity index (χ2n) is 5.93. The summed E-state index contributed by atoms with van der Waals surface area (Å²) in [7, 11) is 0. The van der Waals surface area contributed by atoms with Crippen LogP contribution in [0.3, 0.4) is 0 Å². The molecule has 1 aromatic carbocycles. The lowest BCUT2D eigenvalue weighted by Crippen LogP contribution is -2.48. The van der Waals surface area contributed by atoms with Gasteiger partial charge in [-0.05, 0) is 31.4 Å². The average Bonchev–Trinajstić information content (AvgIpc) is 2.52. The molecule has 0 amide bonds. The van der Waals surface area contributed by atoms with E-state index >= 15 is 0 Å². The van der Waals surface area contributed by atoms with Gasteiger partial charge in [0.05, 0.1) is 12.1 Å². The Labute approximate surface area is 138 Å². The number of aliphatic hydroxyl groups is 1. The summed E-state index contributed by atoms with van der Waals surface area (Å²) in [6.45, 7) is 3.88. The van der Waals surface area contributed by atoms with E-state index < -0.39 is 5.60 Å². The Morgan fingerprint density at radius 2 is 1.95 bits per heavy atom. The van der Waals surface area contributed by atoms with E-state index in [2.05, 4.69) is 15.6 Å². The van der Waals surface area contributed by atoms with Crippen molar-refractivity contribution in [3.05, 3.63) is 34.9 Å². The number of hydrogen-bond donors (Lipinski definition) is 3. The molecule has 0 spiro atoms. The van der Waals surface area contributed by atoms with Gasteiger partial charge in [-0.2, -0.15) is 0 Å². The summed E-state index contributed by atoms with van der Waals surface area (Å²) in [5.74, 6) is 0.724. The number of hydrogen-bond acceptors (Lipinski definition) is 2. The van der Waals surface area contributed by atoms with Gasteiger partial charge in [-0.3, -0.25) is 0 Å². The van der Waals surface area contributed by atoms with Crippen LogP contribution in [0.2, 0.25) is 5.02 Å². The molecule has 1 aliphatic rings. The van der Waals surface area contributed by atoms with Crippen LogP contribution in [0, 0.1) is 0 Å². The minimum atomic E-state index is -0.598. The Bertz CT molecular complexity index is 498. The number of halogens is 1. The Balaban J connectivity index is 1.94. The highest BCUT2D eigenvalue weighted by Crippen LogP contribution is 2.27. The second-order valence-corrected chi connectivity index (χ2v) is 6.33. The molecule has 0 heterocycles. The summed E-state index contributed by atoms with van der Waals surface area (Å²) >= 11 is 6.16. The minimum absolute atomic E-state index is 0.521. The van der Waals surface area contributed by atoms with Gasteiger partial charge in [0.15, 0.2) is 5.96 Å². The van der Waals surface area contributed by atoms with Gasteiger partial charge in [-0.1, -0.05) is 49.1 Å². The number of aliphatic imine (C=N–C) groups is 1. The lowest BCUT2D eigenvalue weighted by atomic mass is 9.85. The molecule has 22 heavy (non-hydrogen) atoms. The van der Waals surface area contributed by atoms with Gasteiger partial charge in [0.2, 0.25) is 0 Å². The van der Waals surface area contributed by atoms with Crippen molar-refractivity contribution in [1.82, 2.24) is 10.6 Å². The van der Waals surface area contributed by atoms with Crippen molar-refractivity contribution in [1.29, 1.82) is 0 Å². The third-order valence-electron chi connectivity index (χ3n) is 4.08. The molecule has 5 heteroatoms. The Kier molecular flexibility index (Phi) is 6.52. The van der Waals surface area contributed by atoms with E-state index in [1.165, 1.54) is 6.42 Å². The zero-order chi connectivity index (χ0) is 15.8. The van der Waals surface area contributed by atoms with Gasteiger partial charge < -0.3 is 15.7 Å². The molecule has 0 saturated heterocycles. The maximum absolute atomic E-state index is 10.6. The van der Waals surface area contributed by atoms with Crippen LogP contribution in [0.25, 0.3) is 0 Å². The first-order chi connectivity index (χ1) is 10.6. The van der Waals surface area contributed by atoms with E-state index in [1.807, 2.05) is 31.2 Å². The minimum Gasteiger partial charge on any atom is -0.388 e. The molecule has 1 aliphatic carbocycles. The van der Waals surface area contributed by atoms with Gasteiger partial charge in [0, 0.05) is 18.1 Å². The van der Waals surface area contributed by atoms with E-state index in [4.69, 9.17) is 11.6 Å². The highest BCUT2D eigenvalue weighted by molar-refractivity contribution is 6.31. The van der Waals surface area contributed by atoms with Crippen molar-refractivity contribution < 1.29 is 5.11 Å². The van der Waals surface area contributed by atoms with E-state index in [1.54, 1.807) is 0 Å². The molecule has 0 aliphatic heterocycles. The quantitative estimate of drug-likeness (QED) is 0.576. The van der Waals surface area contributed by atoms with Crippen LogP contribution in [-0.4, -0.2) is 29.8 Å². The lowest BCUT2D eigenvalue weighted by molar-refractivity contribution is 0.00859. The number of nitrogens with zero attached hydrogens (tertiary/aromatic N) is 1. The van der Waals surface area contributed by atoms with E-state index in [0.29, 0.717) is 13.1 Å². The van der Waals surface area contributed by atoms with Crippen molar-refractivity contribution in [2.75, 3.05) is 13.1 Å². The molecule has 0 bridgehead atoms. The summed E-state index contributed by atoms with van der Waals surface area (Å²) in [4.78, 5) is 4.56.